The lowest BCUT2D eigenvalue weighted by atomic mass is 10.2. The predicted molar refractivity (Wildman–Crippen MR) is 83.2 cm³/mol. The standard InChI is InChI=1S/C14H19ClN2O4S/c1-11(15)14(18)16-10-12-4-2-3-5-13(12)22(19,20)17-6-8-21-9-7-17/h2-5,11H,6-10H2,1H3,(H,16,18). The Kier molecular flexibility index (Phi) is 5.80. The Morgan fingerprint density at radius 1 is 1.36 bits per heavy atom. The van der Waals surface area contributed by atoms with Crippen LogP contribution in [0.1, 0.15) is 12.5 Å². The zero-order chi connectivity index (χ0) is 16.2. The number of alkyl halides is 1. The predicted octanol–water partition coefficient (Wildman–Crippen LogP) is 0.951. The second-order valence-electron chi connectivity index (χ2n) is 4.96. The maximum atomic E-state index is 12.7. The molecule has 1 unspecified atom stereocenters. The van der Waals surface area contributed by atoms with Crippen LogP contribution in [-0.2, 0) is 26.1 Å². The molecule has 1 heterocycles. The second-order valence-corrected chi connectivity index (χ2v) is 7.52. The van der Waals surface area contributed by atoms with E-state index in [1.165, 1.54) is 4.31 Å². The molecule has 0 aromatic heterocycles. The van der Waals surface area contributed by atoms with Gasteiger partial charge in [0.15, 0.2) is 0 Å². The van der Waals surface area contributed by atoms with Crippen molar-refractivity contribution in [1.82, 2.24) is 9.62 Å². The quantitative estimate of drug-likeness (QED) is 0.805. The van der Waals surface area contributed by atoms with E-state index in [0.29, 0.717) is 31.9 Å². The molecule has 1 amide bonds. The maximum Gasteiger partial charge on any atom is 0.243 e. The van der Waals surface area contributed by atoms with Gasteiger partial charge in [0.25, 0.3) is 0 Å². The third kappa shape index (κ3) is 3.98. The molecule has 1 fully saturated rings. The smallest absolute Gasteiger partial charge is 0.243 e. The number of carbonyl (C=O) groups is 1. The largest absolute Gasteiger partial charge is 0.379 e. The van der Waals surface area contributed by atoms with Gasteiger partial charge >= 0.3 is 0 Å². The van der Waals surface area contributed by atoms with E-state index in [-0.39, 0.29) is 17.3 Å². The van der Waals surface area contributed by atoms with Crippen molar-refractivity contribution in [3.8, 4) is 0 Å². The lowest BCUT2D eigenvalue weighted by molar-refractivity contribution is -0.120. The summed E-state index contributed by atoms with van der Waals surface area (Å²) in [7, 11) is -3.59. The molecule has 8 heteroatoms. The minimum absolute atomic E-state index is 0.121. The molecule has 0 saturated carbocycles. The fourth-order valence-corrected chi connectivity index (χ4v) is 3.86. The molecule has 1 N–H and O–H groups in total. The molecule has 122 valence electrons. The Morgan fingerprint density at radius 2 is 2.00 bits per heavy atom. The fraction of sp³-hybridized carbons (Fsp3) is 0.500. The maximum absolute atomic E-state index is 12.7. The minimum Gasteiger partial charge on any atom is -0.379 e. The Bertz CT molecular complexity index is 627. The summed E-state index contributed by atoms with van der Waals surface area (Å²) in [5.74, 6) is -0.333. The van der Waals surface area contributed by atoms with Crippen molar-refractivity contribution in [1.29, 1.82) is 0 Å². The number of nitrogens with one attached hydrogen (secondary N) is 1. The number of morpholine rings is 1. The van der Waals surface area contributed by atoms with Gasteiger partial charge in [-0.2, -0.15) is 4.31 Å². The van der Waals surface area contributed by atoms with E-state index in [0.717, 1.165) is 0 Å². The zero-order valence-electron chi connectivity index (χ0n) is 12.3. The molecule has 1 atom stereocenters. The van der Waals surface area contributed by atoms with Crippen LogP contribution < -0.4 is 5.32 Å². The Hall–Kier alpha value is -1.15. The van der Waals surface area contributed by atoms with Crippen LogP contribution in [0, 0.1) is 0 Å². The first kappa shape index (κ1) is 17.2. The SMILES string of the molecule is CC(Cl)C(=O)NCc1ccccc1S(=O)(=O)N1CCOCC1. The average molecular weight is 347 g/mol. The molecule has 2 rings (SSSR count). The normalized spacial score (nSPS) is 17.9. The van der Waals surface area contributed by atoms with Crippen molar-refractivity contribution in [2.24, 2.45) is 0 Å². The highest BCUT2D eigenvalue weighted by Crippen LogP contribution is 2.21. The van der Waals surface area contributed by atoms with Gasteiger partial charge in [-0.1, -0.05) is 18.2 Å². The molecular formula is C14H19ClN2O4S. The van der Waals surface area contributed by atoms with Crippen LogP contribution >= 0.6 is 11.6 Å². The average Bonchev–Trinajstić information content (AvgIpc) is 2.53. The first-order valence-electron chi connectivity index (χ1n) is 7.00. The van der Waals surface area contributed by atoms with E-state index in [9.17, 15) is 13.2 Å². The van der Waals surface area contributed by atoms with E-state index in [2.05, 4.69) is 5.32 Å². The van der Waals surface area contributed by atoms with Crippen LogP contribution in [0.4, 0.5) is 0 Å². The van der Waals surface area contributed by atoms with Gasteiger partial charge in [-0.15, -0.1) is 11.6 Å². The molecule has 0 bridgehead atoms. The van der Waals surface area contributed by atoms with Gasteiger partial charge in [0.05, 0.1) is 18.1 Å². The van der Waals surface area contributed by atoms with Crippen LogP contribution in [0.25, 0.3) is 0 Å². The fourth-order valence-electron chi connectivity index (χ4n) is 2.15. The van der Waals surface area contributed by atoms with Gasteiger partial charge < -0.3 is 10.1 Å². The van der Waals surface area contributed by atoms with Crippen molar-refractivity contribution < 1.29 is 17.9 Å². The van der Waals surface area contributed by atoms with E-state index in [1.54, 1.807) is 31.2 Å². The van der Waals surface area contributed by atoms with Crippen molar-refractivity contribution in [3.63, 3.8) is 0 Å². The van der Waals surface area contributed by atoms with Crippen LogP contribution in [0.3, 0.4) is 0 Å². The summed E-state index contributed by atoms with van der Waals surface area (Å²) in [5.41, 5.74) is 0.541. The number of ether oxygens (including phenoxy) is 1. The topological polar surface area (TPSA) is 75.7 Å². The highest BCUT2D eigenvalue weighted by Gasteiger charge is 2.28. The first-order valence-corrected chi connectivity index (χ1v) is 8.88. The van der Waals surface area contributed by atoms with Gasteiger partial charge in [-0.3, -0.25) is 4.79 Å². The van der Waals surface area contributed by atoms with Crippen molar-refractivity contribution in [2.45, 2.75) is 23.7 Å². The van der Waals surface area contributed by atoms with Crippen LogP contribution in [0.15, 0.2) is 29.2 Å². The van der Waals surface area contributed by atoms with Gasteiger partial charge in [-0.25, -0.2) is 8.42 Å². The van der Waals surface area contributed by atoms with Crippen LogP contribution in [-0.4, -0.2) is 50.3 Å². The summed E-state index contributed by atoms with van der Waals surface area (Å²) in [6.07, 6.45) is 0. The van der Waals surface area contributed by atoms with Gasteiger partial charge in [0.1, 0.15) is 5.38 Å². The molecule has 0 radical (unpaired) electrons. The Balaban J connectivity index is 2.21. The third-order valence-corrected chi connectivity index (χ3v) is 5.57. The first-order chi connectivity index (χ1) is 10.4. The molecule has 6 nitrogen and oxygen atoms in total. The molecule has 0 spiro atoms. The summed E-state index contributed by atoms with van der Waals surface area (Å²) in [4.78, 5) is 11.8. The van der Waals surface area contributed by atoms with Crippen molar-refractivity contribution in [2.75, 3.05) is 26.3 Å². The number of hydrogen-bond acceptors (Lipinski definition) is 4. The van der Waals surface area contributed by atoms with Crippen LogP contribution in [0.2, 0.25) is 0 Å². The molecule has 1 aliphatic rings. The lowest BCUT2D eigenvalue weighted by Gasteiger charge is -2.27. The number of rotatable bonds is 5. The monoisotopic (exact) mass is 346 g/mol. The third-order valence-electron chi connectivity index (χ3n) is 3.37. The highest BCUT2D eigenvalue weighted by molar-refractivity contribution is 7.89. The number of amides is 1. The van der Waals surface area contributed by atoms with E-state index in [1.807, 2.05) is 0 Å². The second kappa shape index (κ2) is 7.41. The van der Waals surface area contributed by atoms with E-state index < -0.39 is 15.4 Å². The summed E-state index contributed by atoms with van der Waals surface area (Å²) < 4.78 is 32.0. The summed E-state index contributed by atoms with van der Waals surface area (Å²) >= 11 is 5.69. The Labute approximate surface area is 135 Å². The number of hydrogen-bond donors (Lipinski definition) is 1. The molecule has 1 saturated heterocycles. The Morgan fingerprint density at radius 3 is 2.64 bits per heavy atom. The number of carbonyl (C=O) groups excluding carboxylic acids is 1. The number of halogens is 1. The summed E-state index contributed by atoms with van der Waals surface area (Å²) in [6, 6.07) is 6.65. The van der Waals surface area contributed by atoms with Gasteiger partial charge in [0.2, 0.25) is 15.9 Å². The van der Waals surface area contributed by atoms with Crippen LogP contribution in [0.5, 0.6) is 0 Å². The molecule has 0 aliphatic carbocycles. The van der Waals surface area contributed by atoms with E-state index >= 15 is 0 Å². The van der Waals surface area contributed by atoms with Gasteiger partial charge in [0, 0.05) is 19.6 Å². The van der Waals surface area contributed by atoms with Crippen molar-refractivity contribution in [3.05, 3.63) is 29.8 Å². The molecule has 1 aromatic carbocycles. The molecular weight excluding hydrogens is 328 g/mol. The highest BCUT2D eigenvalue weighted by atomic mass is 35.5. The molecule has 1 aromatic rings. The zero-order valence-corrected chi connectivity index (χ0v) is 13.9. The van der Waals surface area contributed by atoms with Crippen molar-refractivity contribution >= 4 is 27.5 Å². The summed E-state index contributed by atoms with van der Waals surface area (Å²) in [5, 5.41) is 1.97. The lowest BCUT2D eigenvalue weighted by Crippen LogP contribution is -2.41. The molecule has 22 heavy (non-hydrogen) atoms. The minimum atomic E-state index is -3.59. The summed E-state index contributed by atoms with van der Waals surface area (Å²) in [6.45, 7) is 3.14. The van der Waals surface area contributed by atoms with Gasteiger partial charge in [-0.05, 0) is 18.6 Å². The number of benzene rings is 1. The number of nitrogens with zero attached hydrogens (tertiary/aromatic N) is 1. The van der Waals surface area contributed by atoms with E-state index in [4.69, 9.17) is 16.3 Å². The number of sulfonamides is 1. The molecule has 1 aliphatic heterocycles.